The summed E-state index contributed by atoms with van der Waals surface area (Å²) < 4.78 is 28.3. The van der Waals surface area contributed by atoms with E-state index < -0.39 is 32.8 Å². The number of rotatable bonds is 7. The molecule has 13 heteroatoms. The van der Waals surface area contributed by atoms with Gasteiger partial charge in [0.05, 0.1) is 9.82 Å². The number of carbonyl (C=O) groups excluding carboxylic acids is 2. The Labute approximate surface area is 182 Å². The number of nitro groups is 1. The van der Waals surface area contributed by atoms with E-state index in [9.17, 15) is 28.1 Å². The van der Waals surface area contributed by atoms with Gasteiger partial charge in [0.25, 0.3) is 0 Å². The molecule has 1 atom stereocenters. The van der Waals surface area contributed by atoms with Crippen LogP contribution in [0.3, 0.4) is 0 Å². The molecule has 166 valence electrons. The molecule has 2 aromatic rings. The first-order valence-electron chi connectivity index (χ1n) is 9.34. The highest BCUT2D eigenvalue weighted by Crippen LogP contribution is 2.30. The lowest BCUT2D eigenvalue weighted by Crippen LogP contribution is -2.47. The topological polar surface area (TPSA) is 152 Å². The van der Waals surface area contributed by atoms with E-state index in [0.29, 0.717) is 30.0 Å². The van der Waals surface area contributed by atoms with Crippen LogP contribution in [0.5, 0.6) is 0 Å². The number of aromatic nitrogens is 1. The lowest BCUT2D eigenvalue weighted by Gasteiger charge is -2.21. The van der Waals surface area contributed by atoms with Gasteiger partial charge in [-0.15, -0.1) is 0 Å². The second-order valence-electron chi connectivity index (χ2n) is 7.30. The number of hydrogen-bond acceptors (Lipinski definition) is 8. The number of nitrogens with one attached hydrogen (secondary N) is 2. The van der Waals surface area contributed by atoms with E-state index >= 15 is 0 Å². The standard InChI is InChI=1S/C18H21N5O6S2/c1-10(2)16(17(25)20-18-19-9-15(30-18)23(26)27)21-31(28,29)13-4-5-14-12(8-13)6-7-22(14)11(3)24/h4-5,8-10,16,21H,6-7H2,1-3H3,(H,19,20,25). The molecule has 2 N–H and O–H groups in total. The normalized spacial score (nSPS) is 14.4. The molecule has 1 aromatic carbocycles. The number of benzene rings is 1. The smallest absolute Gasteiger partial charge is 0.312 e. The van der Waals surface area contributed by atoms with Gasteiger partial charge in [-0.05, 0) is 47.4 Å². The van der Waals surface area contributed by atoms with Crippen molar-refractivity contribution in [2.24, 2.45) is 5.92 Å². The van der Waals surface area contributed by atoms with E-state index in [-0.39, 0.29) is 20.9 Å². The van der Waals surface area contributed by atoms with Crippen molar-refractivity contribution < 1.29 is 22.9 Å². The van der Waals surface area contributed by atoms with Crippen molar-refractivity contribution in [2.75, 3.05) is 16.8 Å². The van der Waals surface area contributed by atoms with Crippen LogP contribution in [0.2, 0.25) is 0 Å². The Morgan fingerprint density at radius 1 is 1.32 bits per heavy atom. The molecule has 2 amide bonds. The molecule has 0 saturated carbocycles. The van der Waals surface area contributed by atoms with Gasteiger partial charge in [-0.2, -0.15) is 4.72 Å². The first-order valence-corrected chi connectivity index (χ1v) is 11.6. The third kappa shape index (κ3) is 4.89. The minimum Gasteiger partial charge on any atom is -0.312 e. The number of thiazole rings is 1. The number of anilines is 2. The zero-order chi connectivity index (χ0) is 22.9. The van der Waals surface area contributed by atoms with Crippen LogP contribution in [-0.2, 0) is 26.0 Å². The molecule has 1 aliphatic heterocycles. The van der Waals surface area contributed by atoms with Gasteiger partial charge < -0.3 is 10.2 Å². The summed E-state index contributed by atoms with van der Waals surface area (Å²) in [7, 11) is -4.05. The fraction of sp³-hybridized carbons (Fsp3) is 0.389. The van der Waals surface area contributed by atoms with Crippen molar-refractivity contribution in [1.82, 2.24) is 9.71 Å². The number of fused-ring (bicyclic) bond motifs is 1. The Morgan fingerprint density at radius 2 is 2.03 bits per heavy atom. The molecule has 0 aliphatic carbocycles. The molecule has 3 rings (SSSR count). The highest BCUT2D eigenvalue weighted by atomic mass is 32.2. The largest absolute Gasteiger partial charge is 0.345 e. The summed E-state index contributed by atoms with van der Waals surface area (Å²) in [5.74, 6) is -1.20. The zero-order valence-electron chi connectivity index (χ0n) is 17.0. The molecule has 1 unspecified atom stereocenters. The predicted octanol–water partition coefficient (Wildman–Crippen LogP) is 1.90. The molecule has 2 heterocycles. The van der Waals surface area contributed by atoms with Gasteiger partial charge in [0.2, 0.25) is 21.8 Å². The van der Waals surface area contributed by atoms with Crippen molar-refractivity contribution in [3.05, 3.63) is 40.1 Å². The first-order chi connectivity index (χ1) is 14.5. The van der Waals surface area contributed by atoms with E-state index in [1.165, 1.54) is 19.1 Å². The van der Waals surface area contributed by atoms with Gasteiger partial charge in [0, 0.05) is 19.2 Å². The Bertz CT molecular complexity index is 1140. The fourth-order valence-corrected chi connectivity index (χ4v) is 5.22. The highest BCUT2D eigenvalue weighted by molar-refractivity contribution is 7.89. The molecule has 0 bridgehead atoms. The van der Waals surface area contributed by atoms with Gasteiger partial charge in [-0.3, -0.25) is 19.7 Å². The summed E-state index contributed by atoms with van der Waals surface area (Å²) in [6, 6.07) is 3.34. The lowest BCUT2D eigenvalue weighted by molar-refractivity contribution is -0.380. The van der Waals surface area contributed by atoms with Crippen LogP contribution < -0.4 is 14.9 Å². The maximum Gasteiger partial charge on any atom is 0.345 e. The number of amides is 2. The predicted molar refractivity (Wildman–Crippen MR) is 115 cm³/mol. The molecule has 0 radical (unpaired) electrons. The van der Waals surface area contributed by atoms with Gasteiger partial charge in [0.1, 0.15) is 12.2 Å². The van der Waals surface area contributed by atoms with E-state index in [0.717, 1.165) is 11.8 Å². The Kier molecular flexibility index (Phi) is 6.38. The van der Waals surface area contributed by atoms with E-state index in [4.69, 9.17) is 0 Å². The van der Waals surface area contributed by atoms with Crippen LogP contribution in [0.1, 0.15) is 26.3 Å². The Morgan fingerprint density at radius 3 is 2.61 bits per heavy atom. The molecular weight excluding hydrogens is 446 g/mol. The summed E-state index contributed by atoms with van der Waals surface area (Å²) in [6.45, 7) is 5.28. The molecule has 0 spiro atoms. The fourth-order valence-electron chi connectivity index (χ4n) is 3.19. The van der Waals surface area contributed by atoms with Gasteiger partial charge in [0.15, 0.2) is 5.13 Å². The molecular formula is C18H21N5O6S2. The number of carbonyl (C=O) groups is 2. The molecule has 11 nitrogen and oxygen atoms in total. The molecule has 0 saturated heterocycles. The van der Waals surface area contributed by atoms with Gasteiger partial charge in [-0.1, -0.05) is 13.8 Å². The van der Waals surface area contributed by atoms with Crippen molar-refractivity contribution in [2.45, 2.75) is 38.1 Å². The van der Waals surface area contributed by atoms with Crippen molar-refractivity contribution >= 4 is 49.0 Å². The third-order valence-electron chi connectivity index (χ3n) is 4.77. The minimum absolute atomic E-state index is 0.00315. The van der Waals surface area contributed by atoms with Crippen molar-refractivity contribution in [3.8, 4) is 0 Å². The average molecular weight is 468 g/mol. The Hall–Kier alpha value is -2.90. The molecule has 31 heavy (non-hydrogen) atoms. The second-order valence-corrected chi connectivity index (χ2v) is 10.0. The zero-order valence-corrected chi connectivity index (χ0v) is 18.6. The Balaban J connectivity index is 1.79. The van der Waals surface area contributed by atoms with E-state index in [2.05, 4.69) is 15.0 Å². The summed E-state index contributed by atoms with van der Waals surface area (Å²) in [6.07, 6.45) is 1.55. The quantitative estimate of drug-likeness (QED) is 0.466. The van der Waals surface area contributed by atoms with E-state index in [1.807, 2.05) is 0 Å². The maximum atomic E-state index is 12.9. The second kappa shape index (κ2) is 8.69. The van der Waals surface area contributed by atoms with Crippen LogP contribution in [0, 0.1) is 16.0 Å². The average Bonchev–Trinajstić information content (AvgIpc) is 3.32. The van der Waals surface area contributed by atoms with Gasteiger partial charge in [-0.25, -0.2) is 13.4 Å². The van der Waals surface area contributed by atoms with Crippen molar-refractivity contribution in [1.29, 1.82) is 0 Å². The molecule has 0 fully saturated rings. The number of hydrogen-bond donors (Lipinski definition) is 2. The summed E-state index contributed by atoms with van der Waals surface area (Å²) in [5, 5.41) is 13.0. The maximum absolute atomic E-state index is 12.9. The summed E-state index contributed by atoms with van der Waals surface area (Å²) >= 11 is 0.677. The van der Waals surface area contributed by atoms with Gasteiger partial charge >= 0.3 is 5.00 Å². The lowest BCUT2D eigenvalue weighted by atomic mass is 10.1. The number of nitrogens with zero attached hydrogens (tertiary/aromatic N) is 3. The summed E-state index contributed by atoms with van der Waals surface area (Å²) in [5.41, 5.74) is 1.41. The SMILES string of the molecule is CC(=O)N1CCc2cc(S(=O)(=O)NC(C(=O)Nc3ncc([N+](=O)[O-])s3)C(C)C)ccc21. The van der Waals surface area contributed by atoms with Crippen LogP contribution >= 0.6 is 11.3 Å². The van der Waals surface area contributed by atoms with Crippen LogP contribution in [-0.4, -0.2) is 42.7 Å². The summed E-state index contributed by atoms with van der Waals surface area (Å²) in [4.78, 5) is 39.8. The molecule has 1 aromatic heterocycles. The molecule has 1 aliphatic rings. The minimum atomic E-state index is -4.05. The van der Waals surface area contributed by atoms with E-state index in [1.54, 1.807) is 24.8 Å². The third-order valence-corrected chi connectivity index (χ3v) is 7.07. The number of sulfonamides is 1. The monoisotopic (exact) mass is 467 g/mol. The highest BCUT2D eigenvalue weighted by Gasteiger charge is 2.31. The van der Waals surface area contributed by atoms with Crippen molar-refractivity contribution in [3.63, 3.8) is 0 Å². The first kappa shape index (κ1) is 22.8. The van der Waals surface area contributed by atoms with Crippen LogP contribution in [0.25, 0.3) is 0 Å². The van der Waals surface area contributed by atoms with Crippen LogP contribution in [0.4, 0.5) is 15.8 Å². The van der Waals surface area contributed by atoms with Crippen LogP contribution in [0.15, 0.2) is 29.3 Å².